The molecule has 5 N–H and O–H groups in total. The molecule has 0 unspecified atom stereocenters. The maximum absolute atomic E-state index is 10.2. The van der Waals surface area contributed by atoms with Crippen LogP contribution in [-0.2, 0) is 4.74 Å². The van der Waals surface area contributed by atoms with Gasteiger partial charge in [-0.1, -0.05) is 66.7 Å². The van der Waals surface area contributed by atoms with Crippen LogP contribution in [0.1, 0.15) is 37.1 Å². The Kier molecular flexibility index (Phi) is 6.51. The zero-order valence-corrected chi connectivity index (χ0v) is 14.9. The maximum atomic E-state index is 10.2. The lowest BCUT2D eigenvalue weighted by Gasteiger charge is -2.37. The van der Waals surface area contributed by atoms with Gasteiger partial charge in [-0.3, -0.25) is 0 Å². The molecule has 0 aromatic heterocycles. The lowest BCUT2D eigenvalue weighted by molar-refractivity contribution is -0.220. The number of hydrogen-bond donors (Lipinski definition) is 3. The molecule has 0 aliphatic carbocycles. The van der Waals surface area contributed by atoms with Crippen molar-refractivity contribution in [3.8, 4) is 0 Å². The fourth-order valence-corrected chi connectivity index (χ4v) is 2.97. The van der Waals surface area contributed by atoms with Crippen LogP contribution in [0, 0.1) is 5.92 Å². The van der Waals surface area contributed by atoms with Crippen molar-refractivity contribution in [3.05, 3.63) is 84.4 Å². The Balaban J connectivity index is 2.36. The van der Waals surface area contributed by atoms with E-state index in [-0.39, 0.29) is 12.0 Å². The molecule has 0 saturated heterocycles. The minimum atomic E-state index is -1.34. The molecule has 0 bridgehead atoms. The summed E-state index contributed by atoms with van der Waals surface area (Å²) in [5.74, 6) is -1.61. The van der Waals surface area contributed by atoms with Gasteiger partial charge in [0, 0.05) is 12.0 Å². The molecule has 4 heteroatoms. The van der Waals surface area contributed by atoms with Crippen LogP contribution in [0.4, 0.5) is 0 Å². The van der Waals surface area contributed by atoms with Gasteiger partial charge in [-0.25, -0.2) is 0 Å². The third-order valence-corrected chi connectivity index (χ3v) is 4.21. The van der Waals surface area contributed by atoms with E-state index in [2.05, 4.69) is 6.58 Å². The normalized spacial score (nSPS) is 16.7. The van der Waals surface area contributed by atoms with Crippen LogP contribution in [0.5, 0.6) is 0 Å². The Bertz CT molecular complexity index is 653. The zero-order valence-electron chi connectivity index (χ0n) is 14.9. The Hall–Kier alpha value is -1.98. The van der Waals surface area contributed by atoms with Crippen molar-refractivity contribution in [2.24, 2.45) is 17.4 Å². The number of hydrogen-bond acceptors (Lipinski definition) is 4. The van der Waals surface area contributed by atoms with Crippen molar-refractivity contribution >= 4 is 0 Å². The van der Waals surface area contributed by atoms with Gasteiger partial charge in [0.25, 0.3) is 0 Å². The summed E-state index contributed by atoms with van der Waals surface area (Å²) < 4.78 is 5.93. The molecule has 0 amide bonds. The minimum absolute atomic E-state index is 0.274. The predicted octanol–water partition coefficient (Wildman–Crippen LogP) is 3.30. The van der Waals surface area contributed by atoms with Crippen LogP contribution in [0.15, 0.2) is 73.3 Å². The molecule has 2 aromatic carbocycles. The average molecular weight is 340 g/mol. The van der Waals surface area contributed by atoms with Crippen molar-refractivity contribution < 1.29 is 9.84 Å². The molecule has 2 rings (SSSR count). The van der Waals surface area contributed by atoms with E-state index in [4.69, 9.17) is 16.2 Å². The third kappa shape index (κ3) is 5.25. The van der Waals surface area contributed by atoms with Gasteiger partial charge in [-0.05, 0) is 25.0 Å². The van der Waals surface area contributed by atoms with Crippen molar-refractivity contribution in [1.82, 2.24) is 0 Å². The van der Waals surface area contributed by atoms with Crippen LogP contribution < -0.4 is 11.5 Å². The molecular weight excluding hydrogens is 312 g/mol. The summed E-state index contributed by atoms with van der Waals surface area (Å²) in [5.41, 5.74) is 14.9. The van der Waals surface area contributed by atoms with Crippen molar-refractivity contribution in [1.29, 1.82) is 0 Å². The number of nitrogens with two attached hydrogens (primary N) is 2. The van der Waals surface area contributed by atoms with E-state index < -0.39 is 17.9 Å². The van der Waals surface area contributed by atoms with Crippen molar-refractivity contribution in [2.75, 3.05) is 0 Å². The summed E-state index contributed by atoms with van der Waals surface area (Å²) in [6.07, 6.45) is 1.23. The number of aliphatic hydroxyl groups is 1. The van der Waals surface area contributed by atoms with Crippen LogP contribution in [0.3, 0.4) is 0 Å². The van der Waals surface area contributed by atoms with Crippen LogP contribution >= 0.6 is 0 Å². The molecule has 0 spiro atoms. The first-order valence-electron chi connectivity index (χ1n) is 8.47. The van der Waals surface area contributed by atoms with Crippen LogP contribution in [0.2, 0.25) is 0 Å². The van der Waals surface area contributed by atoms with E-state index in [0.717, 1.165) is 11.1 Å². The Morgan fingerprint density at radius 1 is 0.920 bits per heavy atom. The minimum Gasteiger partial charge on any atom is -0.366 e. The summed E-state index contributed by atoms with van der Waals surface area (Å²) in [5, 5.41) is 10.2. The molecule has 4 atom stereocenters. The predicted molar refractivity (Wildman–Crippen MR) is 102 cm³/mol. The quantitative estimate of drug-likeness (QED) is 0.509. The summed E-state index contributed by atoms with van der Waals surface area (Å²) in [7, 11) is 0. The van der Waals surface area contributed by atoms with E-state index in [1.54, 1.807) is 19.9 Å². The molecule has 134 valence electrons. The molecule has 0 radical (unpaired) electrons. The summed E-state index contributed by atoms with van der Waals surface area (Å²) in [6.45, 7) is 7.12. The topological polar surface area (TPSA) is 81.5 Å². The van der Waals surface area contributed by atoms with Gasteiger partial charge in [-0.2, -0.15) is 0 Å². The van der Waals surface area contributed by atoms with Gasteiger partial charge >= 0.3 is 0 Å². The fraction of sp³-hybridized carbons (Fsp3) is 0.333. The van der Waals surface area contributed by atoms with Crippen LogP contribution in [0.25, 0.3) is 0 Å². The summed E-state index contributed by atoms with van der Waals surface area (Å²) in [4.78, 5) is 0. The SMILES string of the molecule is C=C[C@H]([C@@H](OC(C)(C)O)[C@@H](N)c1ccccc1)[C@@H](N)c1ccccc1. The Labute approximate surface area is 150 Å². The first-order valence-corrected chi connectivity index (χ1v) is 8.47. The average Bonchev–Trinajstić information content (AvgIpc) is 2.61. The van der Waals surface area contributed by atoms with Gasteiger partial charge in [0.05, 0.1) is 12.1 Å². The van der Waals surface area contributed by atoms with Crippen molar-refractivity contribution in [2.45, 2.75) is 37.8 Å². The molecule has 4 nitrogen and oxygen atoms in total. The Morgan fingerprint density at radius 3 is 1.76 bits per heavy atom. The van der Waals surface area contributed by atoms with Gasteiger partial charge in [0.1, 0.15) is 0 Å². The van der Waals surface area contributed by atoms with Gasteiger partial charge < -0.3 is 21.3 Å². The monoisotopic (exact) mass is 340 g/mol. The number of benzene rings is 2. The molecular formula is C21H28N2O2. The van der Waals surface area contributed by atoms with Gasteiger partial charge in [-0.15, -0.1) is 6.58 Å². The van der Waals surface area contributed by atoms with Crippen LogP contribution in [-0.4, -0.2) is 17.0 Å². The van der Waals surface area contributed by atoms with E-state index in [0.29, 0.717) is 0 Å². The molecule has 25 heavy (non-hydrogen) atoms. The van der Waals surface area contributed by atoms with Crippen molar-refractivity contribution in [3.63, 3.8) is 0 Å². The molecule has 0 aliphatic heterocycles. The standard InChI is InChI=1S/C21H28N2O2/c1-4-17(18(22)15-11-7-5-8-12-15)20(25-21(2,3)24)19(23)16-13-9-6-10-14-16/h4-14,17-20,24H,1,22-23H2,2-3H3/t17-,18-,19-,20+/m0/s1. The summed E-state index contributed by atoms with van der Waals surface area (Å²) in [6, 6.07) is 18.6. The maximum Gasteiger partial charge on any atom is 0.160 e. The second-order valence-corrected chi connectivity index (χ2v) is 6.72. The van der Waals surface area contributed by atoms with E-state index in [9.17, 15) is 5.11 Å². The highest BCUT2D eigenvalue weighted by atomic mass is 16.6. The largest absolute Gasteiger partial charge is 0.366 e. The molecule has 0 aliphatic rings. The first-order chi connectivity index (χ1) is 11.8. The lowest BCUT2D eigenvalue weighted by atomic mass is 9.84. The second kappa shape index (κ2) is 8.41. The Morgan fingerprint density at radius 2 is 1.36 bits per heavy atom. The highest BCUT2D eigenvalue weighted by Crippen LogP contribution is 2.33. The molecule has 0 saturated carbocycles. The highest BCUT2D eigenvalue weighted by Gasteiger charge is 2.35. The van der Waals surface area contributed by atoms with E-state index >= 15 is 0 Å². The molecule has 2 aromatic rings. The smallest absolute Gasteiger partial charge is 0.160 e. The highest BCUT2D eigenvalue weighted by molar-refractivity contribution is 5.24. The van der Waals surface area contributed by atoms with Gasteiger partial charge in [0.15, 0.2) is 5.79 Å². The van der Waals surface area contributed by atoms with Gasteiger partial charge in [0.2, 0.25) is 0 Å². The fourth-order valence-electron chi connectivity index (χ4n) is 2.97. The van der Waals surface area contributed by atoms with E-state index in [1.807, 2.05) is 60.7 Å². The first kappa shape index (κ1) is 19.3. The third-order valence-electron chi connectivity index (χ3n) is 4.21. The van der Waals surface area contributed by atoms with E-state index in [1.165, 1.54) is 0 Å². The summed E-state index contributed by atoms with van der Waals surface area (Å²) >= 11 is 0. The number of rotatable bonds is 8. The molecule has 0 fully saturated rings. The lowest BCUT2D eigenvalue weighted by Crippen LogP contribution is -2.44. The number of ether oxygens (including phenoxy) is 1. The molecule has 0 heterocycles. The second-order valence-electron chi connectivity index (χ2n) is 6.72. The zero-order chi connectivity index (χ0) is 18.4.